The molecule has 2 rings (SSSR count). The number of rotatable bonds is 8. The van der Waals surface area contributed by atoms with Crippen molar-refractivity contribution in [2.24, 2.45) is 5.92 Å². The molecule has 1 atom stereocenters. The van der Waals surface area contributed by atoms with Crippen molar-refractivity contribution in [1.29, 1.82) is 0 Å². The zero-order chi connectivity index (χ0) is 21.6. The minimum atomic E-state index is -0.0561. The van der Waals surface area contributed by atoms with Crippen molar-refractivity contribution in [1.82, 2.24) is 10.2 Å². The van der Waals surface area contributed by atoms with E-state index < -0.39 is 0 Å². The standard InChI is InChI=1S/C23H38N4O2/c1-7-17(4)27(23(29)24-16(2)3)15-19-14-20(12-13-21(19)26(5)6)25-22(28)18-10-8-9-11-18/h12-14,16-18H,7-11,15H2,1-6H3,(H,24,29)(H,25,28)/t17-/m0/s1. The summed E-state index contributed by atoms with van der Waals surface area (Å²) in [6, 6.07) is 6.13. The molecule has 0 spiro atoms. The van der Waals surface area contributed by atoms with Gasteiger partial charge in [-0.05, 0) is 63.8 Å². The Morgan fingerprint density at radius 2 is 1.79 bits per heavy atom. The van der Waals surface area contributed by atoms with Crippen LogP contribution in [0.25, 0.3) is 0 Å². The maximum Gasteiger partial charge on any atom is 0.318 e. The minimum Gasteiger partial charge on any atom is -0.377 e. The van der Waals surface area contributed by atoms with E-state index in [2.05, 4.69) is 24.5 Å². The van der Waals surface area contributed by atoms with Crippen molar-refractivity contribution in [2.75, 3.05) is 24.3 Å². The fourth-order valence-electron chi connectivity index (χ4n) is 3.82. The van der Waals surface area contributed by atoms with Gasteiger partial charge in [-0.3, -0.25) is 4.79 Å². The molecule has 0 aliphatic heterocycles. The normalized spacial score (nSPS) is 15.3. The molecule has 0 saturated heterocycles. The number of anilines is 2. The molecular weight excluding hydrogens is 364 g/mol. The summed E-state index contributed by atoms with van der Waals surface area (Å²) >= 11 is 0. The fraction of sp³-hybridized carbons (Fsp3) is 0.652. The first-order chi connectivity index (χ1) is 13.7. The number of nitrogens with zero attached hydrogens (tertiary/aromatic N) is 2. The van der Waals surface area contributed by atoms with Crippen LogP contribution in [0.2, 0.25) is 0 Å². The molecule has 0 unspecified atom stereocenters. The molecule has 6 nitrogen and oxygen atoms in total. The van der Waals surface area contributed by atoms with Gasteiger partial charge in [0, 0.05) is 50.0 Å². The second-order valence-corrected chi connectivity index (χ2v) is 8.70. The van der Waals surface area contributed by atoms with Gasteiger partial charge in [-0.15, -0.1) is 0 Å². The number of carbonyl (C=O) groups is 2. The Balaban J connectivity index is 2.26. The summed E-state index contributed by atoms with van der Waals surface area (Å²) in [6.07, 6.45) is 5.10. The second kappa shape index (κ2) is 10.5. The number of hydrogen-bond donors (Lipinski definition) is 2. The Kier molecular flexibility index (Phi) is 8.35. The van der Waals surface area contributed by atoms with E-state index in [1.807, 2.05) is 55.9 Å². The van der Waals surface area contributed by atoms with Crippen LogP contribution in [0.15, 0.2) is 18.2 Å². The van der Waals surface area contributed by atoms with Crippen LogP contribution >= 0.6 is 0 Å². The van der Waals surface area contributed by atoms with E-state index in [1.54, 1.807) is 0 Å². The van der Waals surface area contributed by atoms with Crippen molar-refractivity contribution >= 4 is 23.3 Å². The van der Waals surface area contributed by atoms with E-state index >= 15 is 0 Å². The third-order valence-corrected chi connectivity index (χ3v) is 5.69. The van der Waals surface area contributed by atoms with Crippen molar-refractivity contribution in [3.8, 4) is 0 Å². The summed E-state index contributed by atoms with van der Waals surface area (Å²) in [6.45, 7) is 8.59. The van der Waals surface area contributed by atoms with E-state index in [0.29, 0.717) is 6.54 Å². The van der Waals surface area contributed by atoms with Crippen LogP contribution in [0.5, 0.6) is 0 Å². The molecule has 6 heteroatoms. The van der Waals surface area contributed by atoms with Crippen LogP contribution < -0.4 is 15.5 Å². The van der Waals surface area contributed by atoms with Crippen molar-refractivity contribution < 1.29 is 9.59 Å². The highest BCUT2D eigenvalue weighted by Gasteiger charge is 2.24. The van der Waals surface area contributed by atoms with Gasteiger partial charge in [-0.2, -0.15) is 0 Å². The smallest absolute Gasteiger partial charge is 0.318 e. The molecule has 0 radical (unpaired) electrons. The topological polar surface area (TPSA) is 64.7 Å². The highest BCUT2D eigenvalue weighted by atomic mass is 16.2. The monoisotopic (exact) mass is 402 g/mol. The molecule has 0 aromatic heterocycles. The van der Waals surface area contributed by atoms with Crippen LogP contribution in [0, 0.1) is 5.92 Å². The molecule has 29 heavy (non-hydrogen) atoms. The summed E-state index contributed by atoms with van der Waals surface area (Å²) in [4.78, 5) is 29.3. The molecule has 1 saturated carbocycles. The molecule has 2 N–H and O–H groups in total. The zero-order valence-corrected chi connectivity index (χ0v) is 18.9. The SMILES string of the molecule is CC[C@H](C)N(Cc1cc(NC(=O)C2CCCC2)ccc1N(C)C)C(=O)NC(C)C. The predicted molar refractivity (Wildman–Crippen MR) is 120 cm³/mol. The Labute approximate surface area is 176 Å². The largest absolute Gasteiger partial charge is 0.377 e. The lowest BCUT2D eigenvalue weighted by atomic mass is 10.1. The average molecular weight is 403 g/mol. The van der Waals surface area contributed by atoms with Gasteiger partial charge in [-0.25, -0.2) is 4.79 Å². The molecule has 0 heterocycles. The Bertz CT molecular complexity index is 696. The number of nitrogens with one attached hydrogen (secondary N) is 2. The van der Waals surface area contributed by atoms with Gasteiger partial charge < -0.3 is 20.4 Å². The van der Waals surface area contributed by atoms with Crippen LogP contribution in [0.4, 0.5) is 16.2 Å². The number of amides is 3. The maximum absolute atomic E-state index is 12.8. The first kappa shape index (κ1) is 23.0. The number of urea groups is 1. The summed E-state index contributed by atoms with van der Waals surface area (Å²) < 4.78 is 0. The van der Waals surface area contributed by atoms with Gasteiger partial charge in [0.2, 0.25) is 5.91 Å². The summed E-state index contributed by atoms with van der Waals surface area (Å²) in [7, 11) is 3.99. The Morgan fingerprint density at radius 1 is 1.14 bits per heavy atom. The molecular formula is C23H38N4O2. The molecule has 0 bridgehead atoms. The summed E-state index contributed by atoms with van der Waals surface area (Å²) in [5, 5.41) is 6.11. The molecule has 1 aromatic rings. The van der Waals surface area contributed by atoms with Gasteiger partial charge in [-0.1, -0.05) is 19.8 Å². The fourth-order valence-corrected chi connectivity index (χ4v) is 3.82. The summed E-state index contributed by atoms with van der Waals surface area (Å²) in [5.41, 5.74) is 2.88. The van der Waals surface area contributed by atoms with E-state index in [-0.39, 0.29) is 29.9 Å². The third-order valence-electron chi connectivity index (χ3n) is 5.69. The van der Waals surface area contributed by atoms with Gasteiger partial charge in [0.1, 0.15) is 0 Å². The highest BCUT2D eigenvalue weighted by Crippen LogP contribution is 2.28. The molecule has 1 aliphatic rings. The molecule has 1 fully saturated rings. The quantitative estimate of drug-likeness (QED) is 0.668. The van der Waals surface area contributed by atoms with Gasteiger partial charge in [0.25, 0.3) is 0 Å². The van der Waals surface area contributed by atoms with Crippen LogP contribution in [-0.4, -0.2) is 43.0 Å². The maximum atomic E-state index is 12.8. The average Bonchev–Trinajstić information content (AvgIpc) is 3.19. The number of hydrogen-bond acceptors (Lipinski definition) is 3. The van der Waals surface area contributed by atoms with Gasteiger partial charge in [0.05, 0.1) is 0 Å². The lowest BCUT2D eigenvalue weighted by Gasteiger charge is -2.31. The third kappa shape index (κ3) is 6.38. The summed E-state index contributed by atoms with van der Waals surface area (Å²) in [5.74, 6) is 0.239. The van der Waals surface area contributed by atoms with Crippen LogP contribution in [0.3, 0.4) is 0 Å². The zero-order valence-electron chi connectivity index (χ0n) is 18.9. The van der Waals surface area contributed by atoms with Crippen molar-refractivity contribution in [3.63, 3.8) is 0 Å². The predicted octanol–water partition coefficient (Wildman–Crippen LogP) is 4.60. The van der Waals surface area contributed by atoms with E-state index in [0.717, 1.165) is 49.0 Å². The van der Waals surface area contributed by atoms with E-state index in [1.165, 1.54) is 0 Å². The molecule has 3 amide bonds. The first-order valence-electron chi connectivity index (χ1n) is 10.9. The number of benzene rings is 1. The lowest BCUT2D eigenvalue weighted by molar-refractivity contribution is -0.119. The number of carbonyl (C=O) groups excluding carboxylic acids is 2. The second-order valence-electron chi connectivity index (χ2n) is 8.70. The molecule has 1 aliphatic carbocycles. The first-order valence-corrected chi connectivity index (χ1v) is 10.9. The Morgan fingerprint density at radius 3 is 2.34 bits per heavy atom. The Hall–Kier alpha value is -2.24. The van der Waals surface area contributed by atoms with E-state index in [9.17, 15) is 9.59 Å². The highest BCUT2D eigenvalue weighted by molar-refractivity contribution is 5.93. The van der Waals surface area contributed by atoms with Crippen molar-refractivity contribution in [2.45, 2.75) is 78.4 Å². The minimum absolute atomic E-state index is 0.0561. The lowest BCUT2D eigenvalue weighted by Crippen LogP contribution is -2.46. The van der Waals surface area contributed by atoms with Crippen LogP contribution in [-0.2, 0) is 11.3 Å². The van der Waals surface area contributed by atoms with E-state index in [4.69, 9.17) is 0 Å². The van der Waals surface area contributed by atoms with Crippen molar-refractivity contribution in [3.05, 3.63) is 23.8 Å². The van der Waals surface area contributed by atoms with Crippen LogP contribution in [0.1, 0.15) is 65.4 Å². The van der Waals surface area contributed by atoms with Gasteiger partial charge in [0.15, 0.2) is 0 Å². The molecule has 162 valence electrons. The molecule has 1 aromatic carbocycles. The van der Waals surface area contributed by atoms with Gasteiger partial charge >= 0.3 is 6.03 Å².